The van der Waals surface area contributed by atoms with E-state index in [1.165, 1.54) is 24.2 Å². The van der Waals surface area contributed by atoms with Crippen LogP contribution in [0.25, 0.3) is 0 Å². The molecule has 2 amide bonds. The van der Waals surface area contributed by atoms with Crippen molar-refractivity contribution in [2.75, 3.05) is 25.5 Å². The molecule has 1 fully saturated rings. The van der Waals surface area contributed by atoms with Gasteiger partial charge in [-0.2, -0.15) is 0 Å². The average molecular weight is 277 g/mol. The summed E-state index contributed by atoms with van der Waals surface area (Å²) in [6.07, 6.45) is 4.66. The maximum absolute atomic E-state index is 12.5. The summed E-state index contributed by atoms with van der Waals surface area (Å²) in [5.41, 5.74) is 0.324. The van der Waals surface area contributed by atoms with Gasteiger partial charge in [-0.25, -0.2) is 9.97 Å². The Balaban J connectivity index is 2.19. The Kier molecular flexibility index (Phi) is 4.62. The van der Waals surface area contributed by atoms with Crippen molar-refractivity contribution >= 4 is 17.8 Å². The summed E-state index contributed by atoms with van der Waals surface area (Å²) in [5.74, 6) is -0.148. The number of aromatic nitrogens is 2. The number of nitrogens with one attached hydrogen (secondary N) is 2. The summed E-state index contributed by atoms with van der Waals surface area (Å²) in [6.45, 7) is 2.98. The van der Waals surface area contributed by atoms with Crippen LogP contribution in [0.3, 0.4) is 0 Å². The van der Waals surface area contributed by atoms with Crippen LogP contribution in [0.1, 0.15) is 30.1 Å². The minimum absolute atomic E-state index is 0.0993. The lowest BCUT2D eigenvalue weighted by atomic mass is 10.0. The highest BCUT2D eigenvalue weighted by Gasteiger charge is 2.29. The third kappa shape index (κ3) is 3.11. The van der Waals surface area contributed by atoms with Crippen molar-refractivity contribution in [3.05, 3.63) is 18.0 Å². The monoisotopic (exact) mass is 277 g/mol. The number of anilines is 1. The first kappa shape index (κ1) is 14.4. The minimum Gasteiger partial charge on any atom is -0.357 e. The normalized spacial score (nSPS) is 18.4. The Morgan fingerprint density at radius 2 is 2.10 bits per heavy atom. The summed E-state index contributed by atoms with van der Waals surface area (Å²) in [4.78, 5) is 33.6. The molecule has 1 atom stereocenters. The van der Waals surface area contributed by atoms with Crippen LogP contribution in [-0.2, 0) is 4.79 Å². The lowest BCUT2D eigenvalue weighted by Crippen LogP contribution is -2.50. The van der Waals surface area contributed by atoms with Gasteiger partial charge in [0, 0.05) is 32.9 Å². The molecule has 2 heterocycles. The van der Waals surface area contributed by atoms with Gasteiger partial charge in [-0.05, 0) is 19.4 Å². The summed E-state index contributed by atoms with van der Waals surface area (Å²) in [6, 6.07) is -0.0993. The van der Waals surface area contributed by atoms with E-state index < -0.39 is 0 Å². The fraction of sp³-hybridized carbons (Fsp3) is 0.538. The van der Waals surface area contributed by atoms with E-state index in [1.54, 1.807) is 7.05 Å². The predicted octanol–water partition coefficient (Wildman–Crippen LogP) is 0.259. The summed E-state index contributed by atoms with van der Waals surface area (Å²) in [7, 11) is 1.70. The molecule has 7 heteroatoms. The molecular weight excluding hydrogens is 258 g/mol. The largest absolute Gasteiger partial charge is 0.357 e. The second kappa shape index (κ2) is 6.42. The second-order valence-corrected chi connectivity index (χ2v) is 4.74. The van der Waals surface area contributed by atoms with Crippen molar-refractivity contribution in [1.29, 1.82) is 0 Å². The zero-order valence-electron chi connectivity index (χ0n) is 11.7. The number of imide groups is 1. The molecule has 0 spiro atoms. The molecule has 7 nitrogen and oxygen atoms in total. The fourth-order valence-electron chi connectivity index (χ4n) is 2.33. The Hall–Kier alpha value is -2.02. The first-order valence-electron chi connectivity index (χ1n) is 6.68. The molecule has 0 saturated carbocycles. The topological polar surface area (TPSA) is 87.2 Å². The SMILES string of the molecule is CNc1ncc(C(=O)N(C(C)=O)C2CCCNC2)cn1. The minimum atomic E-state index is -0.339. The van der Waals surface area contributed by atoms with Gasteiger partial charge in [-0.1, -0.05) is 0 Å². The molecule has 0 radical (unpaired) electrons. The van der Waals surface area contributed by atoms with Gasteiger partial charge in [0.2, 0.25) is 11.9 Å². The first-order chi connectivity index (χ1) is 9.63. The second-order valence-electron chi connectivity index (χ2n) is 4.74. The Bertz CT molecular complexity index is 482. The quantitative estimate of drug-likeness (QED) is 0.824. The van der Waals surface area contributed by atoms with Crippen LogP contribution < -0.4 is 10.6 Å². The number of piperidine rings is 1. The van der Waals surface area contributed by atoms with Crippen molar-refractivity contribution in [3.63, 3.8) is 0 Å². The van der Waals surface area contributed by atoms with Crippen LogP contribution in [0.4, 0.5) is 5.95 Å². The lowest BCUT2D eigenvalue weighted by Gasteiger charge is -2.32. The molecule has 0 aliphatic carbocycles. The van der Waals surface area contributed by atoms with Gasteiger partial charge in [0.05, 0.1) is 11.6 Å². The molecule has 1 aliphatic rings. The van der Waals surface area contributed by atoms with Crippen LogP contribution in [0, 0.1) is 0 Å². The fourth-order valence-corrected chi connectivity index (χ4v) is 2.33. The zero-order chi connectivity index (χ0) is 14.5. The standard InChI is InChI=1S/C13H19N5O2/c1-9(19)18(11-4-3-5-15-8-11)12(20)10-6-16-13(14-2)17-7-10/h6-7,11,15H,3-5,8H2,1-2H3,(H,14,16,17). The molecule has 0 bridgehead atoms. The van der Waals surface area contributed by atoms with Crippen LogP contribution in [0.5, 0.6) is 0 Å². The number of amides is 2. The summed E-state index contributed by atoms with van der Waals surface area (Å²) >= 11 is 0. The molecule has 0 aromatic carbocycles. The van der Waals surface area contributed by atoms with Crippen LogP contribution >= 0.6 is 0 Å². The third-order valence-corrected chi connectivity index (χ3v) is 3.32. The van der Waals surface area contributed by atoms with E-state index in [9.17, 15) is 9.59 Å². The molecule has 1 aliphatic heterocycles. The number of nitrogens with zero attached hydrogens (tertiary/aromatic N) is 3. The Labute approximate surface area is 117 Å². The van der Waals surface area contributed by atoms with Crippen molar-refractivity contribution in [2.24, 2.45) is 0 Å². The maximum Gasteiger partial charge on any atom is 0.263 e. The van der Waals surface area contributed by atoms with E-state index in [-0.39, 0.29) is 17.9 Å². The molecule has 20 heavy (non-hydrogen) atoms. The van der Waals surface area contributed by atoms with Crippen molar-refractivity contribution < 1.29 is 9.59 Å². The van der Waals surface area contributed by atoms with E-state index in [0.29, 0.717) is 18.1 Å². The number of hydrogen-bond donors (Lipinski definition) is 2. The molecule has 108 valence electrons. The molecule has 1 aromatic heterocycles. The van der Waals surface area contributed by atoms with Gasteiger partial charge in [-0.3, -0.25) is 14.5 Å². The highest BCUT2D eigenvalue weighted by molar-refractivity contribution is 6.04. The van der Waals surface area contributed by atoms with E-state index in [0.717, 1.165) is 19.4 Å². The molecular formula is C13H19N5O2. The number of hydrogen-bond acceptors (Lipinski definition) is 6. The smallest absolute Gasteiger partial charge is 0.263 e. The lowest BCUT2D eigenvalue weighted by molar-refractivity contribution is -0.128. The van der Waals surface area contributed by atoms with Gasteiger partial charge in [0.25, 0.3) is 5.91 Å². The van der Waals surface area contributed by atoms with Crippen molar-refractivity contribution in [1.82, 2.24) is 20.2 Å². The highest BCUT2D eigenvalue weighted by Crippen LogP contribution is 2.14. The molecule has 1 unspecified atom stereocenters. The first-order valence-corrected chi connectivity index (χ1v) is 6.68. The van der Waals surface area contributed by atoms with Crippen LogP contribution in [0.2, 0.25) is 0 Å². The van der Waals surface area contributed by atoms with Gasteiger partial charge in [-0.15, -0.1) is 0 Å². The molecule has 1 saturated heterocycles. The highest BCUT2D eigenvalue weighted by atomic mass is 16.2. The van der Waals surface area contributed by atoms with E-state index in [2.05, 4.69) is 20.6 Å². The summed E-state index contributed by atoms with van der Waals surface area (Å²) < 4.78 is 0. The molecule has 1 aromatic rings. The van der Waals surface area contributed by atoms with Crippen molar-refractivity contribution in [3.8, 4) is 0 Å². The predicted molar refractivity (Wildman–Crippen MR) is 74.3 cm³/mol. The molecule has 2 rings (SSSR count). The van der Waals surface area contributed by atoms with Gasteiger partial charge < -0.3 is 10.6 Å². The van der Waals surface area contributed by atoms with Gasteiger partial charge in [0.1, 0.15) is 0 Å². The maximum atomic E-state index is 12.5. The van der Waals surface area contributed by atoms with Gasteiger partial charge in [0.15, 0.2) is 0 Å². The summed E-state index contributed by atoms with van der Waals surface area (Å²) in [5, 5.41) is 5.99. The van der Waals surface area contributed by atoms with E-state index in [1.807, 2.05) is 0 Å². The Morgan fingerprint density at radius 3 is 2.60 bits per heavy atom. The van der Waals surface area contributed by atoms with Crippen LogP contribution in [0.15, 0.2) is 12.4 Å². The number of carbonyl (C=O) groups is 2. The van der Waals surface area contributed by atoms with E-state index in [4.69, 9.17) is 0 Å². The third-order valence-electron chi connectivity index (χ3n) is 3.32. The Morgan fingerprint density at radius 1 is 1.40 bits per heavy atom. The number of carbonyl (C=O) groups excluding carboxylic acids is 2. The molecule has 2 N–H and O–H groups in total. The zero-order valence-corrected chi connectivity index (χ0v) is 11.7. The van der Waals surface area contributed by atoms with E-state index >= 15 is 0 Å². The van der Waals surface area contributed by atoms with Crippen molar-refractivity contribution in [2.45, 2.75) is 25.8 Å². The van der Waals surface area contributed by atoms with Gasteiger partial charge >= 0.3 is 0 Å². The average Bonchev–Trinajstić information content (AvgIpc) is 2.48. The van der Waals surface area contributed by atoms with Crippen LogP contribution in [-0.4, -0.2) is 52.9 Å². The number of rotatable bonds is 3.